The highest BCUT2D eigenvalue weighted by molar-refractivity contribution is 5.95. The van der Waals surface area contributed by atoms with Crippen LogP contribution in [-0.4, -0.2) is 54.5 Å². The molecule has 6 heteroatoms. The van der Waals surface area contributed by atoms with E-state index in [1.54, 1.807) is 0 Å². The Bertz CT molecular complexity index is 1370. The molecule has 268 valence electrons. The maximum absolute atomic E-state index is 14.8. The minimum atomic E-state index is -0.520. The monoisotopic (exact) mass is 663 g/mol. The quantitative estimate of drug-likeness (QED) is 0.280. The van der Waals surface area contributed by atoms with Crippen LogP contribution in [0.3, 0.4) is 0 Å². The minimum Gasteiger partial charge on any atom is -0.465 e. The Balaban J connectivity index is 1.15. The van der Waals surface area contributed by atoms with Crippen molar-refractivity contribution in [2.24, 2.45) is 56.2 Å². The molecule has 6 nitrogen and oxygen atoms in total. The van der Waals surface area contributed by atoms with Crippen molar-refractivity contribution in [2.45, 2.75) is 157 Å². The maximum Gasteiger partial charge on any atom is 0.311 e. The third-order valence-electron chi connectivity index (χ3n) is 17.0. The Hall–Kier alpha value is -1.69. The van der Waals surface area contributed by atoms with Crippen LogP contribution >= 0.6 is 0 Å². The zero-order valence-electron chi connectivity index (χ0n) is 31.6. The van der Waals surface area contributed by atoms with Crippen molar-refractivity contribution >= 4 is 17.7 Å². The van der Waals surface area contributed by atoms with Gasteiger partial charge in [-0.1, -0.05) is 53.5 Å². The second-order valence-electron chi connectivity index (χ2n) is 19.8. The van der Waals surface area contributed by atoms with Crippen molar-refractivity contribution in [3.63, 3.8) is 0 Å². The molecule has 0 spiro atoms. The van der Waals surface area contributed by atoms with E-state index >= 15 is 0 Å². The molecular weight excluding hydrogens is 598 g/mol. The second kappa shape index (κ2) is 11.7. The summed E-state index contributed by atoms with van der Waals surface area (Å²) in [5.74, 6) is 1.05. The fraction of sp³-hybridized carbons (Fsp3) is 0.881. The van der Waals surface area contributed by atoms with Crippen LogP contribution < -0.4 is 0 Å². The van der Waals surface area contributed by atoms with Crippen molar-refractivity contribution in [1.82, 2.24) is 4.90 Å². The number of ketones is 1. The van der Waals surface area contributed by atoms with Crippen molar-refractivity contribution in [3.05, 3.63) is 11.6 Å². The number of allylic oxidation sites excluding steroid dienone is 2. The summed E-state index contributed by atoms with van der Waals surface area (Å²) >= 11 is 0. The van der Waals surface area contributed by atoms with Crippen molar-refractivity contribution in [2.75, 3.05) is 19.7 Å². The molecule has 2 heterocycles. The smallest absolute Gasteiger partial charge is 0.311 e. The molecule has 48 heavy (non-hydrogen) atoms. The lowest BCUT2D eigenvalue weighted by Gasteiger charge is -2.70. The summed E-state index contributed by atoms with van der Waals surface area (Å²) < 4.78 is 12.2. The van der Waals surface area contributed by atoms with Crippen LogP contribution in [0.15, 0.2) is 11.6 Å². The molecular formula is C42H65NO5. The topological polar surface area (TPSA) is 72.9 Å². The summed E-state index contributed by atoms with van der Waals surface area (Å²) in [6, 6.07) is 0.577. The third kappa shape index (κ3) is 5.05. The number of piperidine rings is 2. The number of rotatable bonds is 4. The molecule has 0 unspecified atom stereocenters. The van der Waals surface area contributed by atoms with Crippen LogP contribution in [0.1, 0.15) is 145 Å². The van der Waals surface area contributed by atoms with E-state index in [0.717, 1.165) is 57.8 Å². The zero-order valence-corrected chi connectivity index (χ0v) is 31.6. The predicted octanol–water partition coefficient (Wildman–Crippen LogP) is 8.71. The first-order chi connectivity index (χ1) is 22.5. The fourth-order valence-corrected chi connectivity index (χ4v) is 13.9. The van der Waals surface area contributed by atoms with Crippen LogP contribution in [0.2, 0.25) is 0 Å². The highest BCUT2D eigenvalue weighted by Gasteiger charge is 2.70. The van der Waals surface area contributed by atoms with E-state index in [4.69, 9.17) is 9.47 Å². The zero-order chi connectivity index (χ0) is 34.5. The molecule has 7 aliphatic rings. The van der Waals surface area contributed by atoms with Crippen LogP contribution in [0.25, 0.3) is 0 Å². The van der Waals surface area contributed by atoms with Gasteiger partial charge >= 0.3 is 11.9 Å². The Kier molecular flexibility index (Phi) is 8.45. The van der Waals surface area contributed by atoms with Gasteiger partial charge in [0.25, 0.3) is 0 Å². The number of nitrogens with zero attached hydrogens (tertiary/aromatic N) is 1. The lowest BCUT2D eigenvalue weighted by molar-refractivity contribution is -0.210. The van der Waals surface area contributed by atoms with E-state index in [0.29, 0.717) is 30.3 Å². The van der Waals surface area contributed by atoms with E-state index in [-0.39, 0.29) is 57.0 Å². The summed E-state index contributed by atoms with van der Waals surface area (Å²) in [7, 11) is 0. The molecule has 6 fully saturated rings. The van der Waals surface area contributed by atoms with Gasteiger partial charge in [-0.2, -0.15) is 0 Å². The molecule has 4 saturated carbocycles. The summed E-state index contributed by atoms with van der Waals surface area (Å²) in [4.78, 5) is 43.6. The molecule has 0 aromatic rings. The number of hydrogen-bond donors (Lipinski definition) is 0. The number of carbonyl (C=O) groups is 3. The first-order valence-corrected chi connectivity index (χ1v) is 19.8. The normalized spacial score (nSPS) is 48.4. The Labute approximate surface area is 290 Å². The van der Waals surface area contributed by atoms with Crippen molar-refractivity contribution < 1.29 is 23.9 Å². The summed E-state index contributed by atoms with van der Waals surface area (Å²) in [6.07, 6.45) is 16.9. The Morgan fingerprint density at radius 2 is 1.58 bits per heavy atom. The average Bonchev–Trinajstić information content (AvgIpc) is 3.03. The van der Waals surface area contributed by atoms with Gasteiger partial charge in [0, 0.05) is 30.2 Å². The molecule has 11 atom stereocenters. The number of esters is 2. The van der Waals surface area contributed by atoms with Gasteiger partial charge in [-0.3, -0.25) is 19.3 Å². The molecule has 0 amide bonds. The highest BCUT2D eigenvalue weighted by atomic mass is 16.5. The lowest BCUT2D eigenvalue weighted by Crippen LogP contribution is -2.66. The lowest BCUT2D eigenvalue weighted by atomic mass is 9.33. The first-order valence-electron chi connectivity index (χ1n) is 19.8. The molecule has 5 aliphatic carbocycles. The standard InChI is InChI=1S/C42H65NO5/c1-27(44)48-34-15-16-40(6)33(37(34,2)3)14-17-42(8)35(40)32(45)24-29-30-25-39(5,19-18-38(30,4)20-21-41(29,42)7)36(46)47-26-28-12-11-23-43-22-10-9-13-31(28)43/h24,28,30-31,33-35H,9-23,25-26H2,1-8H3/t28-,30+,31+,33+,34+,35+,38+,39-,40-,41-,42+/m0/s1. The second-order valence-corrected chi connectivity index (χ2v) is 19.8. The van der Waals surface area contributed by atoms with Gasteiger partial charge in [-0.25, -0.2) is 0 Å². The van der Waals surface area contributed by atoms with E-state index in [2.05, 4.69) is 59.4 Å². The SMILES string of the molecule is CC(=O)O[C@@H]1CC[C@@]2(C)[C@H](CC[C@]3(C)[C@@H]2C(=O)C=C2[C@H]4C[C@@](C)(C(=O)OC[C@@H]5CCCN6CCCC[C@H]56)CC[C@]4(C)CC[C@@]23C)C1(C)C. The molecule has 2 saturated heterocycles. The van der Waals surface area contributed by atoms with E-state index in [1.165, 1.54) is 57.7 Å². The van der Waals surface area contributed by atoms with Gasteiger partial charge in [0.05, 0.1) is 12.0 Å². The third-order valence-corrected chi connectivity index (χ3v) is 17.0. The fourth-order valence-electron chi connectivity index (χ4n) is 13.9. The Morgan fingerprint density at radius 3 is 2.33 bits per heavy atom. The Morgan fingerprint density at radius 1 is 0.854 bits per heavy atom. The van der Waals surface area contributed by atoms with Crippen molar-refractivity contribution in [1.29, 1.82) is 0 Å². The average molecular weight is 664 g/mol. The number of carbonyl (C=O) groups excluding carboxylic acids is 3. The first kappa shape index (κ1) is 34.7. The van der Waals surface area contributed by atoms with Crippen LogP contribution in [0.4, 0.5) is 0 Å². The maximum atomic E-state index is 14.8. The summed E-state index contributed by atoms with van der Waals surface area (Å²) in [5, 5.41) is 0. The van der Waals surface area contributed by atoms with Crippen LogP contribution in [-0.2, 0) is 23.9 Å². The molecule has 0 N–H and O–H groups in total. The van der Waals surface area contributed by atoms with E-state index in [1.807, 2.05) is 0 Å². The minimum absolute atomic E-state index is 0.00336. The molecule has 7 rings (SSSR count). The number of hydrogen-bond acceptors (Lipinski definition) is 6. The molecule has 0 aromatic heterocycles. The molecule has 0 aromatic carbocycles. The van der Waals surface area contributed by atoms with E-state index in [9.17, 15) is 14.4 Å². The van der Waals surface area contributed by atoms with Gasteiger partial charge in [-0.15, -0.1) is 0 Å². The van der Waals surface area contributed by atoms with Gasteiger partial charge in [0.2, 0.25) is 0 Å². The number of ether oxygens (including phenoxy) is 2. The summed E-state index contributed by atoms with van der Waals surface area (Å²) in [6.45, 7) is 21.0. The van der Waals surface area contributed by atoms with Gasteiger partial charge in [0.1, 0.15) is 6.10 Å². The largest absolute Gasteiger partial charge is 0.465 e. The van der Waals surface area contributed by atoms with Crippen molar-refractivity contribution in [3.8, 4) is 0 Å². The van der Waals surface area contributed by atoms with Gasteiger partial charge < -0.3 is 9.47 Å². The van der Waals surface area contributed by atoms with Gasteiger partial charge in [-0.05, 0) is 143 Å². The van der Waals surface area contributed by atoms with Gasteiger partial charge in [0.15, 0.2) is 5.78 Å². The predicted molar refractivity (Wildman–Crippen MR) is 188 cm³/mol. The number of fused-ring (bicyclic) bond motifs is 8. The molecule has 0 bridgehead atoms. The molecule has 0 radical (unpaired) electrons. The van der Waals surface area contributed by atoms with Crippen LogP contribution in [0.5, 0.6) is 0 Å². The molecule has 2 aliphatic heterocycles. The van der Waals surface area contributed by atoms with Crippen LogP contribution in [0, 0.1) is 56.2 Å². The highest BCUT2D eigenvalue weighted by Crippen LogP contribution is 2.75. The van der Waals surface area contributed by atoms with E-state index < -0.39 is 5.41 Å². The summed E-state index contributed by atoms with van der Waals surface area (Å²) in [5.41, 5.74) is 0.364.